The van der Waals surface area contributed by atoms with Crippen LogP contribution in [0.1, 0.15) is 37.5 Å². The molecule has 5 N–H and O–H groups in total. The van der Waals surface area contributed by atoms with E-state index < -0.39 is 0 Å². The van der Waals surface area contributed by atoms with E-state index in [1.54, 1.807) is 24.3 Å². The Bertz CT molecular complexity index is 788. The zero-order chi connectivity index (χ0) is 20.7. The average Bonchev–Trinajstić information content (AvgIpc) is 2.63. The van der Waals surface area contributed by atoms with Crippen LogP contribution in [-0.4, -0.2) is 29.8 Å². The summed E-state index contributed by atoms with van der Waals surface area (Å²) >= 11 is 0. The normalized spacial score (nSPS) is 11.9. The third kappa shape index (κ3) is 6.46. The molecule has 6 nitrogen and oxygen atoms in total. The van der Waals surface area contributed by atoms with Crippen LogP contribution in [0.3, 0.4) is 0 Å². The van der Waals surface area contributed by atoms with Crippen molar-refractivity contribution in [3.8, 4) is 17.2 Å². The number of carbonyl (C=O) groups excluding carboxylic acids is 1. The molecule has 0 aliphatic carbocycles. The van der Waals surface area contributed by atoms with Crippen LogP contribution in [0.4, 0.5) is 4.79 Å². The maximum Gasteiger partial charge on any atom is 0.315 e. The van der Waals surface area contributed by atoms with Gasteiger partial charge < -0.3 is 26.2 Å². The molecule has 0 bridgehead atoms. The van der Waals surface area contributed by atoms with E-state index in [4.69, 9.17) is 10.5 Å². The van der Waals surface area contributed by atoms with Crippen molar-refractivity contribution >= 4 is 6.03 Å². The van der Waals surface area contributed by atoms with Crippen LogP contribution in [0.15, 0.2) is 36.4 Å². The van der Waals surface area contributed by atoms with E-state index >= 15 is 0 Å². The molecule has 0 heterocycles. The molecule has 2 aromatic rings. The fraction of sp³-hybridized carbons (Fsp3) is 0.409. The molecule has 152 valence electrons. The van der Waals surface area contributed by atoms with E-state index in [0.29, 0.717) is 18.7 Å². The predicted molar refractivity (Wildman–Crippen MR) is 112 cm³/mol. The number of ether oxygens (including phenoxy) is 1. The number of amides is 2. The lowest BCUT2D eigenvalue weighted by atomic mass is 9.98. The number of aryl methyl sites for hydroxylation is 2. The van der Waals surface area contributed by atoms with Gasteiger partial charge in [-0.25, -0.2) is 4.79 Å². The first-order valence-corrected chi connectivity index (χ1v) is 9.67. The zero-order valence-corrected chi connectivity index (χ0v) is 17.1. The third-order valence-corrected chi connectivity index (χ3v) is 4.29. The average molecular weight is 386 g/mol. The number of hydrogen-bond donors (Lipinski definition) is 4. The minimum atomic E-state index is -0.200. The molecule has 2 aromatic carbocycles. The van der Waals surface area contributed by atoms with Crippen molar-refractivity contribution in [3.05, 3.63) is 53.1 Å². The standard InChI is InChI=1S/C22H31N3O3/c1-5-17-11-16(12-18(23)13-24-22(27)25-14(2)3)10-15(4)21(17)28-20-8-6-19(26)7-9-20/h6-11,14,18,26H,5,12-13,23H2,1-4H3,(H2,24,25,27). The Labute approximate surface area is 167 Å². The molecule has 6 heteroatoms. The summed E-state index contributed by atoms with van der Waals surface area (Å²) in [4.78, 5) is 11.7. The van der Waals surface area contributed by atoms with Crippen LogP contribution in [-0.2, 0) is 12.8 Å². The predicted octanol–water partition coefficient (Wildman–Crippen LogP) is 3.63. The second kappa shape index (κ2) is 9.99. The SMILES string of the molecule is CCc1cc(CC(N)CNC(=O)NC(C)C)cc(C)c1Oc1ccc(O)cc1. The van der Waals surface area contributed by atoms with Crippen molar-refractivity contribution in [1.82, 2.24) is 10.6 Å². The van der Waals surface area contributed by atoms with Gasteiger partial charge in [0.2, 0.25) is 0 Å². The number of urea groups is 1. The number of carbonyl (C=O) groups is 1. The monoisotopic (exact) mass is 385 g/mol. The van der Waals surface area contributed by atoms with Crippen LogP contribution in [0.5, 0.6) is 17.2 Å². The largest absolute Gasteiger partial charge is 0.508 e. The van der Waals surface area contributed by atoms with Gasteiger partial charge >= 0.3 is 6.03 Å². The van der Waals surface area contributed by atoms with E-state index in [2.05, 4.69) is 29.7 Å². The van der Waals surface area contributed by atoms with Gasteiger partial charge in [0, 0.05) is 18.6 Å². The maximum absolute atomic E-state index is 11.7. The Morgan fingerprint density at radius 1 is 1.21 bits per heavy atom. The van der Waals surface area contributed by atoms with Gasteiger partial charge in [-0.1, -0.05) is 19.1 Å². The smallest absolute Gasteiger partial charge is 0.315 e. The van der Waals surface area contributed by atoms with Crippen LogP contribution in [0, 0.1) is 6.92 Å². The van der Waals surface area contributed by atoms with Gasteiger partial charge in [0.05, 0.1) is 0 Å². The van der Waals surface area contributed by atoms with E-state index in [1.165, 1.54) is 0 Å². The number of rotatable bonds is 8. The number of nitrogens with two attached hydrogens (primary N) is 1. The summed E-state index contributed by atoms with van der Waals surface area (Å²) in [5, 5.41) is 15.0. The number of nitrogens with one attached hydrogen (secondary N) is 2. The van der Waals surface area contributed by atoms with Crippen LogP contribution < -0.4 is 21.1 Å². The lowest BCUT2D eigenvalue weighted by Crippen LogP contribution is -2.45. The molecular weight excluding hydrogens is 354 g/mol. The first-order chi connectivity index (χ1) is 13.3. The van der Waals surface area contributed by atoms with E-state index in [0.717, 1.165) is 28.9 Å². The molecule has 2 amide bonds. The van der Waals surface area contributed by atoms with Crippen molar-refractivity contribution < 1.29 is 14.6 Å². The maximum atomic E-state index is 11.7. The molecule has 1 unspecified atom stereocenters. The van der Waals surface area contributed by atoms with Crippen LogP contribution >= 0.6 is 0 Å². The van der Waals surface area contributed by atoms with E-state index in [9.17, 15) is 9.90 Å². The van der Waals surface area contributed by atoms with Gasteiger partial charge in [0.15, 0.2) is 0 Å². The van der Waals surface area contributed by atoms with Crippen molar-refractivity contribution in [3.63, 3.8) is 0 Å². The van der Waals surface area contributed by atoms with Crippen molar-refractivity contribution in [2.45, 2.75) is 52.6 Å². The third-order valence-electron chi connectivity index (χ3n) is 4.29. The highest BCUT2D eigenvalue weighted by Crippen LogP contribution is 2.31. The zero-order valence-electron chi connectivity index (χ0n) is 17.1. The fourth-order valence-electron chi connectivity index (χ4n) is 3.00. The van der Waals surface area contributed by atoms with Gasteiger partial charge in [0.25, 0.3) is 0 Å². The van der Waals surface area contributed by atoms with Gasteiger partial charge in [-0.15, -0.1) is 0 Å². The number of phenolic OH excluding ortho intramolecular Hbond substituents is 1. The van der Waals surface area contributed by atoms with Crippen molar-refractivity contribution in [2.24, 2.45) is 5.73 Å². The van der Waals surface area contributed by atoms with Crippen molar-refractivity contribution in [1.29, 1.82) is 0 Å². The summed E-state index contributed by atoms with van der Waals surface area (Å²) in [6.07, 6.45) is 1.49. The van der Waals surface area contributed by atoms with Gasteiger partial charge in [-0.2, -0.15) is 0 Å². The van der Waals surface area contributed by atoms with Crippen LogP contribution in [0.25, 0.3) is 0 Å². The second-order valence-corrected chi connectivity index (χ2v) is 7.32. The highest BCUT2D eigenvalue weighted by atomic mass is 16.5. The Morgan fingerprint density at radius 3 is 2.50 bits per heavy atom. The summed E-state index contributed by atoms with van der Waals surface area (Å²) in [7, 11) is 0. The Hall–Kier alpha value is -2.73. The van der Waals surface area contributed by atoms with Gasteiger partial charge in [-0.3, -0.25) is 0 Å². The lowest BCUT2D eigenvalue weighted by Gasteiger charge is -2.18. The Kier molecular flexibility index (Phi) is 7.70. The van der Waals surface area contributed by atoms with E-state index in [-0.39, 0.29) is 23.9 Å². The molecule has 0 saturated carbocycles. The molecule has 0 aliphatic rings. The highest BCUT2D eigenvalue weighted by molar-refractivity contribution is 5.74. The Morgan fingerprint density at radius 2 is 1.89 bits per heavy atom. The Balaban J connectivity index is 2.05. The molecule has 0 saturated heterocycles. The lowest BCUT2D eigenvalue weighted by molar-refractivity contribution is 0.238. The summed E-state index contributed by atoms with van der Waals surface area (Å²) in [6, 6.07) is 10.6. The highest BCUT2D eigenvalue weighted by Gasteiger charge is 2.13. The topological polar surface area (TPSA) is 96.6 Å². The summed E-state index contributed by atoms with van der Waals surface area (Å²) in [5.74, 6) is 1.72. The molecule has 0 aliphatic heterocycles. The first-order valence-electron chi connectivity index (χ1n) is 9.67. The number of hydrogen-bond acceptors (Lipinski definition) is 4. The summed E-state index contributed by atoms with van der Waals surface area (Å²) < 4.78 is 6.05. The van der Waals surface area contributed by atoms with Crippen molar-refractivity contribution in [2.75, 3.05) is 6.54 Å². The number of aromatic hydroxyl groups is 1. The molecular formula is C22H31N3O3. The second-order valence-electron chi connectivity index (χ2n) is 7.32. The first kappa shape index (κ1) is 21.6. The molecule has 0 spiro atoms. The van der Waals surface area contributed by atoms with Crippen LogP contribution in [0.2, 0.25) is 0 Å². The van der Waals surface area contributed by atoms with E-state index in [1.807, 2.05) is 20.8 Å². The fourth-order valence-corrected chi connectivity index (χ4v) is 3.00. The molecule has 0 fully saturated rings. The summed E-state index contributed by atoms with van der Waals surface area (Å²) in [5.41, 5.74) is 9.45. The quantitative estimate of drug-likeness (QED) is 0.558. The number of benzene rings is 2. The molecule has 2 rings (SSSR count). The van der Waals surface area contributed by atoms with Gasteiger partial charge in [0.1, 0.15) is 17.2 Å². The molecule has 0 aromatic heterocycles. The minimum Gasteiger partial charge on any atom is -0.508 e. The number of phenols is 1. The minimum absolute atomic E-state index is 0.0899. The molecule has 0 radical (unpaired) electrons. The van der Waals surface area contributed by atoms with Gasteiger partial charge in [-0.05, 0) is 74.6 Å². The summed E-state index contributed by atoms with van der Waals surface area (Å²) in [6.45, 7) is 8.33. The molecule has 28 heavy (non-hydrogen) atoms. The molecule has 1 atom stereocenters.